The van der Waals surface area contributed by atoms with Gasteiger partial charge in [-0.05, 0) is 51.9 Å². The van der Waals surface area contributed by atoms with Crippen molar-refractivity contribution in [2.45, 2.75) is 46.2 Å². The molecule has 1 N–H and O–H groups in total. The van der Waals surface area contributed by atoms with E-state index < -0.39 is 0 Å². The standard InChI is InChI=1S/C21H28BrN5O3/c1-11-13-6-12(21(13,2)3)7-14(11)24-15-9-23-27(20(28)19(15)22)10-16-25-17(29-4)8-18(26-16)30-5/h8-9,11-14,24H,6-7,10H2,1-5H3/t11-,12+,13-,14-/m1/s1. The molecule has 0 saturated heterocycles. The van der Waals surface area contributed by atoms with Gasteiger partial charge in [-0.15, -0.1) is 0 Å². The summed E-state index contributed by atoms with van der Waals surface area (Å²) in [5.74, 6) is 3.14. The number of nitrogens with zero attached hydrogens (tertiary/aromatic N) is 4. The highest BCUT2D eigenvalue weighted by molar-refractivity contribution is 9.10. The molecule has 0 aromatic carbocycles. The van der Waals surface area contributed by atoms with Crippen molar-refractivity contribution < 1.29 is 9.47 Å². The molecule has 9 heteroatoms. The molecule has 3 fully saturated rings. The van der Waals surface area contributed by atoms with Crippen LogP contribution in [0.25, 0.3) is 0 Å². The minimum absolute atomic E-state index is 0.115. The Kier molecular flexibility index (Phi) is 5.50. The third-order valence-corrected chi connectivity index (χ3v) is 7.88. The summed E-state index contributed by atoms with van der Waals surface area (Å²) in [6, 6.07) is 1.93. The van der Waals surface area contributed by atoms with E-state index in [1.54, 1.807) is 12.3 Å². The molecule has 3 saturated carbocycles. The van der Waals surface area contributed by atoms with Gasteiger partial charge in [-0.2, -0.15) is 15.1 Å². The Labute approximate surface area is 184 Å². The molecule has 3 aliphatic carbocycles. The molecule has 30 heavy (non-hydrogen) atoms. The number of hydrogen-bond donors (Lipinski definition) is 1. The van der Waals surface area contributed by atoms with Gasteiger partial charge < -0.3 is 14.8 Å². The van der Waals surface area contributed by atoms with Gasteiger partial charge in [0.05, 0.1) is 32.2 Å². The summed E-state index contributed by atoms with van der Waals surface area (Å²) in [6.45, 7) is 7.19. The van der Waals surface area contributed by atoms with Crippen LogP contribution in [0.3, 0.4) is 0 Å². The molecule has 4 atom stereocenters. The van der Waals surface area contributed by atoms with Crippen LogP contribution in [-0.2, 0) is 6.54 Å². The van der Waals surface area contributed by atoms with E-state index in [-0.39, 0.29) is 12.1 Å². The quantitative estimate of drug-likeness (QED) is 0.681. The number of ether oxygens (including phenoxy) is 2. The molecular weight excluding hydrogens is 450 g/mol. The second-order valence-corrected chi connectivity index (χ2v) is 9.70. The zero-order chi connectivity index (χ0) is 21.6. The third-order valence-electron chi connectivity index (χ3n) is 7.11. The largest absolute Gasteiger partial charge is 0.481 e. The summed E-state index contributed by atoms with van der Waals surface area (Å²) >= 11 is 3.47. The van der Waals surface area contributed by atoms with Crippen molar-refractivity contribution in [3.05, 3.63) is 32.9 Å². The zero-order valence-corrected chi connectivity index (χ0v) is 19.6. The summed E-state index contributed by atoms with van der Waals surface area (Å²) in [4.78, 5) is 21.4. The van der Waals surface area contributed by atoms with Crippen molar-refractivity contribution in [1.82, 2.24) is 19.7 Å². The lowest BCUT2D eigenvalue weighted by molar-refractivity contribution is -0.105. The Morgan fingerprint density at radius 2 is 1.90 bits per heavy atom. The molecule has 162 valence electrons. The van der Waals surface area contributed by atoms with E-state index in [0.29, 0.717) is 39.4 Å². The van der Waals surface area contributed by atoms with E-state index in [1.165, 1.54) is 25.3 Å². The Bertz CT molecular complexity index is 986. The Hall–Kier alpha value is -2.16. The Balaban J connectivity index is 1.53. The van der Waals surface area contributed by atoms with Crippen molar-refractivity contribution in [2.75, 3.05) is 19.5 Å². The first-order valence-corrected chi connectivity index (χ1v) is 11.0. The Morgan fingerprint density at radius 1 is 1.23 bits per heavy atom. The van der Waals surface area contributed by atoms with Crippen molar-refractivity contribution in [1.29, 1.82) is 0 Å². The third kappa shape index (κ3) is 3.57. The van der Waals surface area contributed by atoms with Crippen molar-refractivity contribution in [3.8, 4) is 11.8 Å². The molecular formula is C21H28BrN5O3. The lowest BCUT2D eigenvalue weighted by Gasteiger charge is -2.62. The average molecular weight is 478 g/mol. The molecule has 0 spiro atoms. The summed E-state index contributed by atoms with van der Waals surface area (Å²) < 4.78 is 12.1. The number of aromatic nitrogens is 4. The first-order chi connectivity index (χ1) is 14.2. The number of anilines is 1. The zero-order valence-electron chi connectivity index (χ0n) is 18.0. The maximum Gasteiger partial charge on any atom is 0.283 e. The van der Waals surface area contributed by atoms with E-state index >= 15 is 0 Å². The Morgan fingerprint density at radius 3 is 2.47 bits per heavy atom. The van der Waals surface area contributed by atoms with Crippen LogP contribution in [0.15, 0.2) is 21.5 Å². The van der Waals surface area contributed by atoms with Gasteiger partial charge in [0, 0.05) is 6.04 Å². The maximum atomic E-state index is 12.9. The van der Waals surface area contributed by atoms with Gasteiger partial charge >= 0.3 is 0 Å². The van der Waals surface area contributed by atoms with Crippen molar-refractivity contribution >= 4 is 21.6 Å². The first kappa shape index (κ1) is 21.1. The summed E-state index contributed by atoms with van der Waals surface area (Å²) in [7, 11) is 3.04. The molecule has 2 heterocycles. The molecule has 0 aliphatic heterocycles. The van der Waals surface area contributed by atoms with Gasteiger partial charge in [0.15, 0.2) is 5.82 Å². The fraction of sp³-hybridized carbons (Fsp3) is 0.619. The predicted octanol–water partition coefficient (Wildman–Crippen LogP) is 3.34. The maximum absolute atomic E-state index is 12.9. The summed E-state index contributed by atoms with van der Waals surface area (Å²) in [6.07, 6.45) is 4.13. The summed E-state index contributed by atoms with van der Waals surface area (Å²) in [5.41, 5.74) is 0.921. The van der Waals surface area contributed by atoms with Crippen LogP contribution in [0.2, 0.25) is 0 Å². The monoisotopic (exact) mass is 477 g/mol. The average Bonchev–Trinajstić information content (AvgIpc) is 2.73. The lowest BCUT2D eigenvalue weighted by atomic mass is 9.45. The van der Waals surface area contributed by atoms with Crippen LogP contribution in [-0.4, -0.2) is 40.0 Å². The van der Waals surface area contributed by atoms with Crippen molar-refractivity contribution in [2.24, 2.45) is 23.2 Å². The van der Waals surface area contributed by atoms with Crippen LogP contribution in [0.5, 0.6) is 11.8 Å². The molecule has 2 aromatic rings. The second kappa shape index (κ2) is 7.83. The molecule has 2 aromatic heterocycles. The molecule has 3 aliphatic rings. The van der Waals surface area contributed by atoms with Crippen LogP contribution in [0.4, 0.5) is 5.69 Å². The number of halogens is 1. The van der Waals surface area contributed by atoms with Crippen LogP contribution < -0.4 is 20.3 Å². The molecule has 8 nitrogen and oxygen atoms in total. The lowest BCUT2D eigenvalue weighted by Crippen LogP contribution is -2.58. The minimum Gasteiger partial charge on any atom is -0.481 e. The van der Waals surface area contributed by atoms with E-state index in [2.05, 4.69) is 57.1 Å². The first-order valence-electron chi connectivity index (χ1n) is 10.2. The number of hydrogen-bond acceptors (Lipinski definition) is 7. The predicted molar refractivity (Wildman–Crippen MR) is 117 cm³/mol. The van der Waals surface area contributed by atoms with Gasteiger partial charge in [0.2, 0.25) is 11.8 Å². The second-order valence-electron chi connectivity index (χ2n) is 8.91. The summed E-state index contributed by atoms with van der Waals surface area (Å²) in [5, 5.41) is 7.92. The molecule has 0 amide bonds. The number of nitrogens with one attached hydrogen (secondary N) is 1. The fourth-order valence-electron chi connectivity index (χ4n) is 5.08. The van der Waals surface area contributed by atoms with Gasteiger partial charge in [-0.1, -0.05) is 20.8 Å². The molecule has 0 radical (unpaired) electrons. The molecule has 2 bridgehead atoms. The smallest absolute Gasteiger partial charge is 0.283 e. The SMILES string of the molecule is COc1cc(OC)nc(Cn2ncc(N[C@@H]3C[C@@H]4C[C@H]([C@H]3C)C4(C)C)c(Br)c2=O)n1. The highest BCUT2D eigenvalue weighted by Crippen LogP contribution is 2.61. The van der Waals surface area contributed by atoms with Crippen LogP contribution in [0.1, 0.15) is 39.4 Å². The fourth-order valence-corrected chi connectivity index (χ4v) is 5.50. The van der Waals surface area contributed by atoms with E-state index in [4.69, 9.17) is 9.47 Å². The molecule has 5 rings (SSSR count). The number of methoxy groups -OCH3 is 2. The molecule has 0 unspecified atom stereocenters. The number of rotatable bonds is 6. The highest BCUT2D eigenvalue weighted by atomic mass is 79.9. The highest BCUT2D eigenvalue weighted by Gasteiger charge is 2.56. The minimum atomic E-state index is -0.237. The van der Waals surface area contributed by atoms with Gasteiger partial charge in [-0.25, -0.2) is 4.68 Å². The van der Waals surface area contributed by atoms with E-state index in [1.807, 2.05) is 0 Å². The van der Waals surface area contributed by atoms with Crippen LogP contribution >= 0.6 is 15.9 Å². The van der Waals surface area contributed by atoms with E-state index in [9.17, 15) is 4.79 Å². The number of fused-ring (bicyclic) bond motifs is 2. The topological polar surface area (TPSA) is 91.2 Å². The van der Waals surface area contributed by atoms with Gasteiger partial charge in [0.1, 0.15) is 11.0 Å². The van der Waals surface area contributed by atoms with Crippen molar-refractivity contribution in [3.63, 3.8) is 0 Å². The van der Waals surface area contributed by atoms with Crippen LogP contribution in [0, 0.1) is 23.2 Å². The van der Waals surface area contributed by atoms with Gasteiger partial charge in [-0.3, -0.25) is 4.79 Å². The normalized spacial score (nSPS) is 26.6. The van der Waals surface area contributed by atoms with E-state index in [0.717, 1.165) is 23.9 Å². The van der Waals surface area contributed by atoms with Gasteiger partial charge in [0.25, 0.3) is 5.56 Å².